The van der Waals surface area contributed by atoms with Crippen molar-refractivity contribution in [3.63, 3.8) is 0 Å². The molecule has 0 saturated heterocycles. The SMILES string of the molecule is CC/C(=C(/CC(CC)CC)c1ccc(O)cc1)c1ccc(O)cc1.CC/C(=C(/CC)c1ccc(O)cc1)c1ccc(O)cc1. The quantitative estimate of drug-likeness (QED) is 0.131. The molecule has 4 aromatic carbocycles. The molecule has 4 N–H and O–H groups in total. The molecule has 0 aliphatic carbocycles. The lowest BCUT2D eigenvalue weighted by Gasteiger charge is -2.20. The fourth-order valence-electron chi connectivity index (χ4n) is 5.71. The number of rotatable bonds is 11. The van der Waals surface area contributed by atoms with E-state index < -0.39 is 0 Å². The molecule has 0 aliphatic rings. The third kappa shape index (κ3) is 9.28. The van der Waals surface area contributed by atoms with E-state index in [4.69, 9.17) is 0 Å². The molecule has 0 saturated carbocycles. The third-order valence-corrected chi connectivity index (χ3v) is 8.30. The van der Waals surface area contributed by atoms with Gasteiger partial charge in [-0.3, -0.25) is 0 Å². The zero-order valence-electron chi connectivity index (χ0n) is 26.8. The zero-order chi connectivity index (χ0) is 32.1. The summed E-state index contributed by atoms with van der Waals surface area (Å²) >= 11 is 0. The number of benzene rings is 4. The summed E-state index contributed by atoms with van der Waals surface area (Å²) in [7, 11) is 0. The van der Waals surface area contributed by atoms with Gasteiger partial charge in [0.05, 0.1) is 0 Å². The lowest BCUT2D eigenvalue weighted by Crippen LogP contribution is -2.01. The number of allylic oxidation sites excluding steroid dienone is 4. The summed E-state index contributed by atoms with van der Waals surface area (Å²) in [6.07, 6.45) is 6.13. The number of hydrogen-bond donors (Lipinski definition) is 4. The van der Waals surface area contributed by atoms with Gasteiger partial charge in [0.15, 0.2) is 0 Å². The molecule has 232 valence electrons. The van der Waals surface area contributed by atoms with E-state index in [9.17, 15) is 20.4 Å². The second kappa shape index (κ2) is 17.0. The molecule has 0 amide bonds. The summed E-state index contributed by atoms with van der Waals surface area (Å²) in [4.78, 5) is 0. The van der Waals surface area contributed by atoms with Gasteiger partial charge in [0.1, 0.15) is 23.0 Å². The Bertz CT molecular complexity index is 1430. The molecule has 0 spiro atoms. The number of hydrogen-bond acceptors (Lipinski definition) is 4. The zero-order valence-corrected chi connectivity index (χ0v) is 26.8. The highest BCUT2D eigenvalue weighted by atomic mass is 16.3. The first-order valence-electron chi connectivity index (χ1n) is 15.9. The molecule has 4 nitrogen and oxygen atoms in total. The molecule has 44 heavy (non-hydrogen) atoms. The smallest absolute Gasteiger partial charge is 0.115 e. The van der Waals surface area contributed by atoms with Gasteiger partial charge in [-0.15, -0.1) is 0 Å². The Morgan fingerprint density at radius 3 is 0.841 bits per heavy atom. The maximum atomic E-state index is 9.61. The van der Waals surface area contributed by atoms with Gasteiger partial charge < -0.3 is 20.4 Å². The molecule has 0 aromatic heterocycles. The van der Waals surface area contributed by atoms with E-state index in [1.54, 1.807) is 48.5 Å². The van der Waals surface area contributed by atoms with Crippen LogP contribution in [0.1, 0.15) is 95.4 Å². The van der Waals surface area contributed by atoms with E-state index in [1.807, 2.05) is 48.5 Å². The fourth-order valence-corrected chi connectivity index (χ4v) is 5.71. The molecular weight excluding hydrogens is 544 g/mol. The Kier molecular flexibility index (Phi) is 13.2. The van der Waals surface area contributed by atoms with Crippen molar-refractivity contribution in [1.82, 2.24) is 0 Å². The van der Waals surface area contributed by atoms with Crippen LogP contribution in [0.3, 0.4) is 0 Å². The van der Waals surface area contributed by atoms with Crippen molar-refractivity contribution in [2.45, 2.75) is 73.1 Å². The van der Waals surface area contributed by atoms with Crippen LogP contribution in [0.15, 0.2) is 97.1 Å². The van der Waals surface area contributed by atoms with Gasteiger partial charge in [0.2, 0.25) is 0 Å². The fraction of sp³-hybridized carbons (Fsp3) is 0.300. The maximum Gasteiger partial charge on any atom is 0.115 e. The molecular formula is C40H48O4. The third-order valence-electron chi connectivity index (χ3n) is 8.30. The van der Waals surface area contributed by atoms with Crippen molar-refractivity contribution in [2.24, 2.45) is 5.92 Å². The lowest BCUT2D eigenvalue weighted by atomic mass is 9.85. The van der Waals surface area contributed by atoms with Crippen molar-refractivity contribution < 1.29 is 20.4 Å². The normalized spacial score (nSPS) is 12.2. The van der Waals surface area contributed by atoms with Gasteiger partial charge >= 0.3 is 0 Å². The average Bonchev–Trinajstić information content (AvgIpc) is 3.04. The summed E-state index contributed by atoms with van der Waals surface area (Å²) < 4.78 is 0. The minimum atomic E-state index is 0.284. The molecule has 4 rings (SSSR count). The van der Waals surface area contributed by atoms with Crippen LogP contribution in [-0.2, 0) is 0 Å². The number of aromatic hydroxyl groups is 4. The molecule has 4 aromatic rings. The van der Waals surface area contributed by atoms with Crippen molar-refractivity contribution >= 4 is 22.3 Å². The second-order valence-corrected chi connectivity index (χ2v) is 11.0. The molecule has 4 heteroatoms. The molecule has 0 atom stereocenters. The van der Waals surface area contributed by atoms with E-state index in [0.717, 1.165) is 55.2 Å². The second-order valence-electron chi connectivity index (χ2n) is 11.0. The summed E-state index contributed by atoms with van der Waals surface area (Å²) in [5.74, 6) is 1.80. The lowest BCUT2D eigenvalue weighted by molar-refractivity contribution is 0.474. The van der Waals surface area contributed by atoms with Crippen LogP contribution in [0.25, 0.3) is 22.3 Å². The highest BCUT2D eigenvalue weighted by Gasteiger charge is 2.15. The van der Waals surface area contributed by atoms with Crippen molar-refractivity contribution in [3.05, 3.63) is 119 Å². The molecule has 0 heterocycles. The first-order chi connectivity index (χ1) is 21.2. The minimum Gasteiger partial charge on any atom is -0.508 e. The van der Waals surface area contributed by atoms with Crippen LogP contribution in [-0.4, -0.2) is 20.4 Å². The number of phenols is 4. The Labute approximate surface area is 263 Å². The summed E-state index contributed by atoms with van der Waals surface area (Å²) in [6, 6.07) is 29.7. The van der Waals surface area contributed by atoms with Gasteiger partial charge in [-0.1, -0.05) is 96.0 Å². The van der Waals surface area contributed by atoms with E-state index in [2.05, 4.69) is 34.6 Å². The van der Waals surface area contributed by atoms with Crippen LogP contribution in [0.5, 0.6) is 23.0 Å². The predicted octanol–water partition coefficient (Wildman–Crippen LogP) is 11.1. The standard InChI is InChI=1S/C22H28O2.C18H20O2/c1-4-16(5-2)15-22(18-9-13-20(24)14-10-18)21(6-3)17-7-11-19(23)12-8-17;1-3-17(13-5-9-15(19)10-6-13)18(4-2)14-7-11-16(20)12-8-14/h7-14,16,23-24H,4-6,15H2,1-3H3;5-12,19-20H,3-4H2,1-2H3/b22-21+;18-17+. The largest absolute Gasteiger partial charge is 0.508 e. The van der Waals surface area contributed by atoms with Crippen LogP contribution in [0, 0.1) is 5.92 Å². The monoisotopic (exact) mass is 592 g/mol. The van der Waals surface area contributed by atoms with Crippen LogP contribution in [0.4, 0.5) is 0 Å². The molecule has 0 unspecified atom stereocenters. The van der Waals surface area contributed by atoms with Crippen molar-refractivity contribution in [1.29, 1.82) is 0 Å². The molecule has 0 radical (unpaired) electrons. The Hall–Kier alpha value is -4.44. The summed E-state index contributed by atoms with van der Waals surface area (Å²) in [5, 5.41) is 38.0. The first-order valence-corrected chi connectivity index (χ1v) is 15.9. The Balaban J connectivity index is 0.000000244. The Morgan fingerprint density at radius 2 is 0.614 bits per heavy atom. The molecule has 0 aliphatic heterocycles. The topological polar surface area (TPSA) is 80.9 Å². The maximum absolute atomic E-state index is 9.61. The molecule has 0 fully saturated rings. The van der Waals surface area contributed by atoms with Gasteiger partial charge in [-0.25, -0.2) is 0 Å². The van der Waals surface area contributed by atoms with Crippen molar-refractivity contribution in [3.8, 4) is 23.0 Å². The highest BCUT2D eigenvalue weighted by Crippen LogP contribution is 2.36. The molecule has 0 bridgehead atoms. The van der Waals surface area contributed by atoms with Crippen LogP contribution < -0.4 is 0 Å². The van der Waals surface area contributed by atoms with Gasteiger partial charge in [-0.2, -0.15) is 0 Å². The van der Waals surface area contributed by atoms with Crippen LogP contribution in [0.2, 0.25) is 0 Å². The minimum absolute atomic E-state index is 0.284. The van der Waals surface area contributed by atoms with E-state index in [-0.39, 0.29) is 11.5 Å². The summed E-state index contributed by atoms with van der Waals surface area (Å²) in [5.41, 5.74) is 9.81. The number of phenolic OH excluding ortho intramolecular Hbond substituents is 4. The van der Waals surface area contributed by atoms with E-state index >= 15 is 0 Å². The first kappa shape index (κ1) is 34.1. The summed E-state index contributed by atoms with van der Waals surface area (Å²) in [6.45, 7) is 10.9. The predicted molar refractivity (Wildman–Crippen MR) is 186 cm³/mol. The van der Waals surface area contributed by atoms with E-state index in [0.29, 0.717) is 17.4 Å². The van der Waals surface area contributed by atoms with Crippen LogP contribution >= 0.6 is 0 Å². The highest BCUT2D eigenvalue weighted by molar-refractivity contribution is 5.91. The van der Waals surface area contributed by atoms with Gasteiger partial charge in [0.25, 0.3) is 0 Å². The Morgan fingerprint density at radius 1 is 0.386 bits per heavy atom. The van der Waals surface area contributed by atoms with Gasteiger partial charge in [-0.05, 0) is 125 Å². The van der Waals surface area contributed by atoms with Gasteiger partial charge in [0, 0.05) is 0 Å². The average molecular weight is 593 g/mol. The van der Waals surface area contributed by atoms with E-state index in [1.165, 1.54) is 27.9 Å². The van der Waals surface area contributed by atoms with Crippen molar-refractivity contribution in [2.75, 3.05) is 0 Å².